The second-order valence-corrected chi connectivity index (χ2v) is 4.10. The maximum Gasteiger partial charge on any atom is 0.154 e. The van der Waals surface area contributed by atoms with Gasteiger partial charge in [0, 0.05) is 7.05 Å². The van der Waals surface area contributed by atoms with Gasteiger partial charge in [0.25, 0.3) is 0 Å². The van der Waals surface area contributed by atoms with Crippen LogP contribution in [0.4, 0.5) is 0 Å². The molecule has 1 atom stereocenters. The van der Waals surface area contributed by atoms with Crippen LogP contribution in [-0.2, 0) is 13.6 Å². The Labute approximate surface area is 98.2 Å². The molecule has 0 N–H and O–H groups in total. The summed E-state index contributed by atoms with van der Waals surface area (Å²) in [7, 11) is 1.89. The Morgan fingerprint density at radius 3 is 2.88 bits per heavy atom. The van der Waals surface area contributed by atoms with Gasteiger partial charge in [0.2, 0.25) is 0 Å². The van der Waals surface area contributed by atoms with Crippen LogP contribution in [0.1, 0.15) is 30.2 Å². The van der Waals surface area contributed by atoms with Crippen LogP contribution in [0.2, 0.25) is 0 Å². The molecular weight excluding hydrogens is 228 g/mol. The summed E-state index contributed by atoms with van der Waals surface area (Å²) in [4.78, 5) is 0. The van der Waals surface area contributed by atoms with Gasteiger partial charge in [-0.2, -0.15) is 0 Å². The van der Waals surface area contributed by atoms with Gasteiger partial charge in [-0.15, -0.1) is 26.9 Å². The summed E-state index contributed by atoms with van der Waals surface area (Å²) in [5, 5.41) is 15.7. The van der Waals surface area contributed by atoms with E-state index in [0.717, 1.165) is 17.9 Å². The van der Waals surface area contributed by atoms with Crippen molar-refractivity contribution in [1.29, 1.82) is 0 Å². The lowest BCUT2D eigenvalue weighted by Gasteiger charge is -2.00. The lowest BCUT2D eigenvalue weighted by atomic mass is 10.3. The number of alkyl halides is 1. The van der Waals surface area contributed by atoms with Crippen LogP contribution < -0.4 is 0 Å². The van der Waals surface area contributed by atoms with E-state index in [1.807, 2.05) is 24.7 Å². The minimum atomic E-state index is -0.0757. The largest absolute Gasteiger partial charge is 0.319 e. The van der Waals surface area contributed by atoms with Crippen molar-refractivity contribution >= 4 is 11.6 Å². The van der Waals surface area contributed by atoms with Gasteiger partial charge < -0.3 is 4.57 Å². The van der Waals surface area contributed by atoms with E-state index < -0.39 is 0 Å². The van der Waals surface area contributed by atoms with Crippen molar-refractivity contribution in [3.05, 3.63) is 24.0 Å². The standard InChI is InChI=1S/C9H13ClN6/c1-3-7(10)8-4-16(14-12-8)5-9-13-11-6-15(9)2/h4,6-7H,3,5H2,1-2H3. The summed E-state index contributed by atoms with van der Waals surface area (Å²) in [5.74, 6) is 0.832. The number of rotatable bonds is 4. The molecule has 7 heteroatoms. The average Bonchev–Trinajstić information content (AvgIpc) is 2.89. The van der Waals surface area contributed by atoms with E-state index in [0.29, 0.717) is 6.54 Å². The van der Waals surface area contributed by atoms with Crippen LogP contribution in [0.15, 0.2) is 12.5 Å². The van der Waals surface area contributed by atoms with Crippen LogP contribution in [0.25, 0.3) is 0 Å². The van der Waals surface area contributed by atoms with Crippen molar-refractivity contribution in [3.63, 3.8) is 0 Å². The van der Waals surface area contributed by atoms with E-state index in [1.54, 1.807) is 11.0 Å². The fraction of sp³-hybridized carbons (Fsp3) is 0.556. The van der Waals surface area contributed by atoms with Gasteiger partial charge in [-0.3, -0.25) is 0 Å². The second kappa shape index (κ2) is 4.61. The van der Waals surface area contributed by atoms with Gasteiger partial charge >= 0.3 is 0 Å². The topological polar surface area (TPSA) is 61.4 Å². The van der Waals surface area contributed by atoms with Crippen LogP contribution in [0.3, 0.4) is 0 Å². The molecule has 0 aliphatic heterocycles. The molecule has 0 spiro atoms. The summed E-state index contributed by atoms with van der Waals surface area (Å²) >= 11 is 6.07. The fourth-order valence-corrected chi connectivity index (χ4v) is 1.44. The molecule has 0 saturated heterocycles. The zero-order valence-electron chi connectivity index (χ0n) is 9.21. The summed E-state index contributed by atoms with van der Waals surface area (Å²) in [5.41, 5.74) is 0.798. The third-order valence-corrected chi connectivity index (χ3v) is 2.88. The highest BCUT2D eigenvalue weighted by atomic mass is 35.5. The summed E-state index contributed by atoms with van der Waals surface area (Å²) in [6.07, 6.45) is 4.34. The third-order valence-electron chi connectivity index (χ3n) is 2.34. The van der Waals surface area contributed by atoms with E-state index in [-0.39, 0.29) is 5.38 Å². The minimum Gasteiger partial charge on any atom is -0.319 e. The Kier molecular flexibility index (Phi) is 3.19. The highest BCUT2D eigenvalue weighted by Crippen LogP contribution is 2.20. The Bertz CT molecular complexity index is 462. The maximum atomic E-state index is 6.07. The van der Waals surface area contributed by atoms with Gasteiger partial charge in [0.05, 0.1) is 11.6 Å². The molecule has 0 saturated carbocycles. The van der Waals surface area contributed by atoms with Gasteiger partial charge in [-0.05, 0) is 6.42 Å². The van der Waals surface area contributed by atoms with Gasteiger partial charge in [0.1, 0.15) is 18.6 Å². The molecule has 0 amide bonds. The molecule has 0 aliphatic rings. The SMILES string of the molecule is CCC(Cl)c1cn(Cc2nncn2C)nn1. The number of nitrogens with zero attached hydrogens (tertiary/aromatic N) is 6. The fourth-order valence-electron chi connectivity index (χ4n) is 1.34. The molecule has 2 aromatic rings. The number of aryl methyl sites for hydroxylation is 1. The summed E-state index contributed by atoms with van der Waals surface area (Å²) < 4.78 is 3.56. The molecule has 0 radical (unpaired) electrons. The quantitative estimate of drug-likeness (QED) is 0.752. The predicted molar refractivity (Wildman–Crippen MR) is 59.0 cm³/mol. The van der Waals surface area contributed by atoms with E-state index in [4.69, 9.17) is 11.6 Å². The average molecular weight is 241 g/mol. The maximum absolute atomic E-state index is 6.07. The van der Waals surface area contributed by atoms with Crippen molar-refractivity contribution in [2.75, 3.05) is 0 Å². The van der Waals surface area contributed by atoms with Crippen LogP contribution in [0.5, 0.6) is 0 Å². The molecule has 2 rings (SSSR count). The zero-order chi connectivity index (χ0) is 11.5. The van der Waals surface area contributed by atoms with E-state index >= 15 is 0 Å². The molecule has 16 heavy (non-hydrogen) atoms. The Morgan fingerprint density at radius 1 is 1.44 bits per heavy atom. The van der Waals surface area contributed by atoms with Crippen molar-refractivity contribution in [1.82, 2.24) is 29.8 Å². The first-order chi connectivity index (χ1) is 7.70. The van der Waals surface area contributed by atoms with Gasteiger partial charge in [-0.1, -0.05) is 12.1 Å². The van der Waals surface area contributed by atoms with Gasteiger partial charge in [-0.25, -0.2) is 4.68 Å². The minimum absolute atomic E-state index is 0.0757. The first-order valence-corrected chi connectivity index (χ1v) is 5.51. The van der Waals surface area contributed by atoms with E-state index in [2.05, 4.69) is 20.5 Å². The zero-order valence-corrected chi connectivity index (χ0v) is 9.96. The Balaban J connectivity index is 2.11. The summed E-state index contributed by atoms with van der Waals surface area (Å²) in [6.45, 7) is 2.57. The number of hydrogen-bond acceptors (Lipinski definition) is 4. The molecule has 0 bridgehead atoms. The highest BCUT2D eigenvalue weighted by Gasteiger charge is 2.11. The number of aromatic nitrogens is 6. The molecule has 2 aromatic heterocycles. The number of halogens is 1. The molecule has 0 aliphatic carbocycles. The van der Waals surface area contributed by atoms with E-state index in [9.17, 15) is 0 Å². The highest BCUT2D eigenvalue weighted by molar-refractivity contribution is 6.20. The van der Waals surface area contributed by atoms with Crippen LogP contribution >= 0.6 is 11.6 Å². The van der Waals surface area contributed by atoms with Crippen LogP contribution in [0, 0.1) is 0 Å². The van der Waals surface area contributed by atoms with Crippen LogP contribution in [-0.4, -0.2) is 29.8 Å². The van der Waals surface area contributed by atoms with Crippen molar-refractivity contribution in [2.45, 2.75) is 25.3 Å². The molecule has 0 aromatic carbocycles. The van der Waals surface area contributed by atoms with E-state index in [1.165, 1.54) is 0 Å². The lowest BCUT2D eigenvalue weighted by Crippen LogP contribution is -2.06. The molecule has 1 unspecified atom stereocenters. The molecular formula is C9H13ClN6. The molecule has 0 fully saturated rings. The smallest absolute Gasteiger partial charge is 0.154 e. The van der Waals surface area contributed by atoms with Crippen molar-refractivity contribution in [3.8, 4) is 0 Å². The second-order valence-electron chi connectivity index (χ2n) is 3.57. The lowest BCUT2D eigenvalue weighted by molar-refractivity contribution is 0.605. The predicted octanol–water partition coefficient (Wildman–Crippen LogP) is 1.14. The molecule has 6 nitrogen and oxygen atoms in total. The van der Waals surface area contributed by atoms with Gasteiger partial charge in [0.15, 0.2) is 5.82 Å². The molecule has 86 valence electrons. The Hall–Kier alpha value is -1.43. The molecule has 2 heterocycles. The number of hydrogen-bond donors (Lipinski definition) is 0. The third kappa shape index (κ3) is 2.21. The summed E-state index contributed by atoms with van der Waals surface area (Å²) in [6, 6.07) is 0. The van der Waals surface area contributed by atoms with Crippen molar-refractivity contribution in [2.24, 2.45) is 7.05 Å². The Morgan fingerprint density at radius 2 is 2.25 bits per heavy atom. The first kappa shape index (κ1) is 11.1. The normalized spacial score (nSPS) is 12.9. The van der Waals surface area contributed by atoms with Crippen molar-refractivity contribution < 1.29 is 0 Å². The monoisotopic (exact) mass is 240 g/mol. The first-order valence-electron chi connectivity index (χ1n) is 5.07.